The van der Waals surface area contributed by atoms with Gasteiger partial charge in [0.05, 0.1) is 0 Å². The molecule has 1 amide bonds. The fourth-order valence-electron chi connectivity index (χ4n) is 0.977. The minimum atomic E-state index is -0.0918. The molecule has 0 saturated heterocycles. The fourth-order valence-corrected chi connectivity index (χ4v) is 1.07. The van der Waals surface area contributed by atoms with Crippen molar-refractivity contribution in [3.63, 3.8) is 0 Å². The van der Waals surface area contributed by atoms with Crippen molar-refractivity contribution in [1.29, 1.82) is 0 Å². The lowest BCUT2D eigenvalue weighted by Crippen LogP contribution is -2.28. The summed E-state index contributed by atoms with van der Waals surface area (Å²) in [6.07, 6.45) is 0. The van der Waals surface area contributed by atoms with E-state index in [2.05, 4.69) is 17.9 Å². The molecule has 0 heterocycles. The average molecular weight is 210 g/mol. The van der Waals surface area contributed by atoms with E-state index in [-0.39, 0.29) is 11.2 Å². The molecule has 14 heavy (non-hydrogen) atoms. The highest BCUT2D eigenvalue weighted by molar-refractivity contribution is 7.80. The molecule has 0 saturated carbocycles. The summed E-state index contributed by atoms with van der Waals surface area (Å²) in [7, 11) is 0. The van der Waals surface area contributed by atoms with E-state index in [1.165, 1.54) is 0 Å². The van der Waals surface area contributed by atoms with E-state index < -0.39 is 0 Å². The lowest BCUT2D eigenvalue weighted by atomic mass is 10.2. The van der Waals surface area contributed by atoms with Crippen LogP contribution in [0.1, 0.15) is 17.3 Å². The van der Waals surface area contributed by atoms with Crippen molar-refractivity contribution in [2.45, 2.75) is 12.2 Å². The Hall–Kier alpha value is -1.16. The zero-order valence-electron chi connectivity index (χ0n) is 8.03. The van der Waals surface area contributed by atoms with Crippen LogP contribution in [0, 0.1) is 0 Å². The van der Waals surface area contributed by atoms with Gasteiger partial charge >= 0.3 is 0 Å². The van der Waals surface area contributed by atoms with Crippen LogP contribution in [0.2, 0.25) is 0 Å². The maximum atomic E-state index is 11.5. The molecule has 1 aromatic carbocycles. The molecular weight excluding hydrogens is 196 g/mol. The Labute approximate surface area is 89.1 Å². The Morgan fingerprint density at radius 2 is 2.07 bits per heavy atom. The molecule has 0 aliphatic rings. The third-order valence-electron chi connectivity index (χ3n) is 1.73. The Bertz CT molecular complexity index is 308. The van der Waals surface area contributed by atoms with E-state index in [1.54, 1.807) is 24.3 Å². The molecular formula is C10H14N2OS. The van der Waals surface area contributed by atoms with Crippen molar-refractivity contribution in [2.24, 2.45) is 0 Å². The number of carbonyl (C=O) groups is 1. The van der Waals surface area contributed by atoms with E-state index in [4.69, 9.17) is 5.73 Å². The number of amides is 1. The first-order chi connectivity index (χ1) is 6.59. The van der Waals surface area contributed by atoms with Crippen LogP contribution in [0.4, 0.5) is 5.69 Å². The average Bonchev–Trinajstić information content (AvgIpc) is 2.15. The van der Waals surface area contributed by atoms with Crippen LogP contribution < -0.4 is 11.1 Å². The van der Waals surface area contributed by atoms with Crippen LogP contribution in [0.5, 0.6) is 0 Å². The molecule has 0 spiro atoms. The molecule has 3 N–H and O–H groups in total. The van der Waals surface area contributed by atoms with Gasteiger partial charge in [0.25, 0.3) is 5.91 Å². The summed E-state index contributed by atoms with van der Waals surface area (Å²) in [4.78, 5) is 11.5. The smallest absolute Gasteiger partial charge is 0.251 e. The summed E-state index contributed by atoms with van der Waals surface area (Å²) in [5.74, 6) is -0.0918. The largest absolute Gasteiger partial charge is 0.399 e. The maximum absolute atomic E-state index is 11.5. The predicted molar refractivity (Wildman–Crippen MR) is 61.6 cm³/mol. The summed E-state index contributed by atoms with van der Waals surface area (Å²) in [6, 6.07) is 6.82. The van der Waals surface area contributed by atoms with E-state index in [0.717, 1.165) is 0 Å². The van der Waals surface area contributed by atoms with E-state index in [1.807, 2.05) is 6.92 Å². The summed E-state index contributed by atoms with van der Waals surface area (Å²) >= 11 is 4.17. The third kappa shape index (κ3) is 3.30. The molecule has 1 unspecified atom stereocenters. The number of thiol groups is 1. The number of nitrogen functional groups attached to an aromatic ring is 1. The highest BCUT2D eigenvalue weighted by atomic mass is 32.1. The number of carbonyl (C=O) groups excluding carboxylic acids is 1. The molecule has 4 heteroatoms. The molecule has 76 valence electrons. The van der Waals surface area contributed by atoms with Crippen molar-refractivity contribution in [2.75, 3.05) is 12.3 Å². The second kappa shape index (κ2) is 4.91. The highest BCUT2D eigenvalue weighted by Gasteiger charge is 2.04. The normalized spacial score (nSPS) is 12.1. The lowest BCUT2D eigenvalue weighted by molar-refractivity contribution is 0.0954. The first-order valence-corrected chi connectivity index (χ1v) is 4.93. The standard InChI is InChI=1S/C10H14N2OS/c1-7(14)6-12-10(13)8-2-4-9(11)5-3-8/h2-5,7,14H,6,11H2,1H3,(H,12,13). The van der Waals surface area contributed by atoms with Gasteiger partial charge in [0.15, 0.2) is 0 Å². The fraction of sp³-hybridized carbons (Fsp3) is 0.300. The van der Waals surface area contributed by atoms with Gasteiger partial charge in [0, 0.05) is 23.0 Å². The molecule has 0 radical (unpaired) electrons. The number of rotatable bonds is 3. The van der Waals surface area contributed by atoms with Crippen LogP contribution >= 0.6 is 12.6 Å². The number of hydrogen-bond donors (Lipinski definition) is 3. The van der Waals surface area contributed by atoms with Gasteiger partial charge in [-0.2, -0.15) is 12.6 Å². The summed E-state index contributed by atoms with van der Waals surface area (Å²) in [5.41, 5.74) is 6.78. The van der Waals surface area contributed by atoms with Gasteiger partial charge in [-0.1, -0.05) is 6.92 Å². The third-order valence-corrected chi connectivity index (χ3v) is 1.91. The van der Waals surface area contributed by atoms with Gasteiger partial charge in [-0.15, -0.1) is 0 Å². The molecule has 0 aliphatic heterocycles. The first-order valence-electron chi connectivity index (χ1n) is 4.41. The molecule has 0 aromatic heterocycles. The Morgan fingerprint density at radius 1 is 1.50 bits per heavy atom. The summed E-state index contributed by atoms with van der Waals surface area (Å²) in [5, 5.41) is 2.92. The summed E-state index contributed by atoms with van der Waals surface area (Å²) in [6.45, 7) is 2.48. The number of nitrogens with one attached hydrogen (secondary N) is 1. The number of anilines is 1. The quantitative estimate of drug-likeness (QED) is 0.520. The van der Waals surface area contributed by atoms with E-state index >= 15 is 0 Å². The van der Waals surface area contributed by atoms with Crippen LogP contribution in [0.3, 0.4) is 0 Å². The monoisotopic (exact) mass is 210 g/mol. The molecule has 0 bridgehead atoms. The molecule has 1 aromatic rings. The van der Waals surface area contributed by atoms with Crippen LogP contribution in [0.15, 0.2) is 24.3 Å². The number of hydrogen-bond acceptors (Lipinski definition) is 3. The van der Waals surface area contributed by atoms with E-state index in [9.17, 15) is 4.79 Å². The van der Waals surface area contributed by atoms with Gasteiger partial charge in [-0.3, -0.25) is 4.79 Å². The van der Waals surface area contributed by atoms with Crippen molar-refractivity contribution in [1.82, 2.24) is 5.32 Å². The Balaban J connectivity index is 2.57. The van der Waals surface area contributed by atoms with Crippen LogP contribution in [-0.4, -0.2) is 17.7 Å². The number of nitrogens with two attached hydrogens (primary N) is 1. The van der Waals surface area contributed by atoms with Crippen molar-refractivity contribution >= 4 is 24.2 Å². The first kappa shape index (κ1) is 10.9. The van der Waals surface area contributed by atoms with Crippen LogP contribution in [0.25, 0.3) is 0 Å². The van der Waals surface area contributed by atoms with Crippen molar-refractivity contribution < 1.29 is 4.79 Å². The second-order valence-electron chi connectivity index (χ2n) is 3.18. The lowest BCUT2D eigenvalue weighted by Gasteiger charge is -2.06. The van der Waals surface area contributed by atoms with Crippen molar-refractivity contribution in [3.05, 3.63) is 29.8 Å². The predicted octanol–water partition coefficient (Wildman–Crippen LogP) is 1.32. The molecule has 0 fully saturated rings. The van der Waals surface area contributed by atoms with E-state index in [0.29, 0.717) is 17.8 Å². The summed E-state index contributed by atoms with van der Waals surface area (Å²) < 4.78 is 0. The minimum Gasteiger partial charge on any atom is -0.399 e. The second-order valence-corrected chi connectivity index (χ2v) is 4.06. The van der Waals surface area contributed by atoms with Crippen LogP contribution in [-0.2, 0) is 0 Å². The Kier molecular flexibility index (Phi) is 3.83. The highest BCUT2D eigenvalue weighted by Crippen LogP contribution is 2.05. The molecule has 3 nitrogen and oxygen atoms in total. The maximum Gasteiger partial charge on any atom is 0.251 e. The van der Waals surface area contributed by atoms with Gasteiger partial charge < -0.3 is 11.1 Å². The molecule has 1 rings (SSSR count). The zero-order valence-corrected chi connectivity index (χ0v) is 8.92. The SMILES string of the molecule is CC(S)CNC(=O)c1ccc(N)cc1. The molecule has 0 aliphatic carbocycles. The number of benzene rings is 1. The minimum absolute atomic E-state index is 0.0918. The Morgan fingerprint density at radius 3 is 2.57 bits per heavy atom. The van der Waals surface area contributed by atoms with Gasteiger partial charge in [0.1, 0.15) is 0 Å². The topological polar surface area (TPSA) is 55.1 Å². The van der Waals surface area contributed by atoms with Gasteiger partial charge in [-0.25, -0.2) is 0 Å². The molecule has 1 atom stereocenters. The van der Waals surface area contributed by atoms with Crippen molar-refractivity contribution in [3.8, 4) is 0 Å². The zero-order chi connectivity index (χ0) is 10.6. The van der Waals surface area contributed by atoms with Gasteiger partial charge in [-0.05, 0) is 24.3 Å². The van der Waals surface area contributed by atoms with Gasteiger partial charge in [0.2, 0.25) is 0 Å².